The highest BCUT2D eigenvalue weighted by atomic mass is 32.2. The summed E-state index contributed by atoms with van der Waals surface area (Å²) in [5.74, 6) is 0.176. The fourth-order valence-corrected chi connectivity index (χ4v) is 2.72. The average molecular weight is 272 g/mol. The summed E-state index contributed by atoms with van der Waals surface area (Å²) in [5.41, 5.74) is 8.49. The van der Waals surface area contributed by atoms with E-state index in [0.29, 0.717) is 22.6 Å². The van der Waals surface area contributed by atoms with Gasteiger partial charge in [0.15, 0.2) is 0 Å². The predicted molar refractivity (Wildman–Crippen MR) is 76.3 cm³/mol. The van der Waals surface area contributed by atoms with Crippen LogP contribution in [0.1, 0.15) is 16.7 Å². The number of nitrogens with two attached hydrogens (primary N) is 1. The number of hydrogen-bond donors (Lipinski definition) is 1. The number of aryl methyl sites for hydroxylation is 1. The molecule has 0 atom stereocenters. The van der Waals surface area contributed by atoms with E-state index in [-0.39, 0.29) is 5.82 Å². The standard InChI is InChI=1S/C15H13FN2S/c1-10-2-5-13(18)7-15(10)19-9-12-4-3-11(8-17)6-14(12)16/h2-7H,9,18H2,1H3. The molecule has 0 aromatic heterocycles. The van der Waals surface area contributed by atoms with E-state index in [0.717, 1.165) is 10.5 Å². The molecule has 0 unspecified atom stereocenters. The largest absolute Gasteiger partial charge is 0.399 e. The van der Waals surface area contributed by atoms with Gasteiger partial charge in [0, 0.05) is 16.3 Å². The molecule has 0 amide bonds. The number of thioether (sulfide) groups is 1. The molecule has 2 aromatic rings. The minimum Gasteiger partial charge on any atom is -0.399 e. The Bertz CT molecular complexity index is 647. The molecule has 0 saturated heterocycles. The number of nitriles is 1. The maximum absolute atomic E-state index is 13.7. The van der Waals surface area contributed by atoms with Crippen molar-refractivity contribution in [1.29, 1.82) is 5.26 Å². The molecule has 0 saturated carbocycles. The van der Waals surface area contributed by atoms with Gasteiger partial charge in [-0.1, -0.05) is 12.1 Å². The molecule has 2 aromatic carbocycles. The minimum atomic E-state index is -0.340. The average Bonchev–Trinajstić information content (AvgIpc) is 2.40. The molecule has 2 rings (SSSR count). The van der Waals surface area contributed by atoms with Gasteiger partial charge in [-0.15, -0.1) is 11.8 Å². The summed E-state index contributed by atoms with van der Waals surface area (Å²) >= 11 is 1.54. The van der Waals surface area contributed by atoms with Gasteiger partial charge in [0.25, 0.3) is 0 Å². The zero-order valence-electron chi connectivity index (χ0n) is 10.5. The molecule has 19 heavy (non-hydrogen) atoms. The van der Waals surface area contributed by atoms with Crippen molar-refractivity contribution in [3.05, 3.63) is 58.9 Å². The van der Waals surface area contributed by atoms with E-state index in [4.69, 9.17) is 11.0 Å². The van der Waals surface area contributed by atoms with Crippen LogP contribution in [-0.4, -0.2) is 0 Å². The molecular weight excluding hydrogens is 259 g/mol. The number of halogens is 1. The Kier molecular flexibility index (Phi) is 4.08. The first-order chi connectivity index (χ1) is 9.10. The highest BCUT2D eigenvalue weighted by molar-refractivity contribution is 7.98. The molecule has 0 aliphatic carbocycles. The molecule has 0 aliphatic heterocycles. The second kappa shape index (κ2) is 5.77. The highest BCUT2D eigenvalue weighted by Gasteiger charge is 2.06. The van der Waals surface area contributed by atoms with Crippen LogP contribution in [-0.2, 0) is 5.75 Å². The second-order valence-corrected chi connectivity index (χ2v) is 5.25. The molecule has 0 fully saturated rings. The normalized spacial score (nSPS) is 10.2. The third-order valence-electron chi connectivity index (χ3n) is 2.78. The van der Waals surface area contributed by atoms with Crippen LogP contribution in [0.4, 0.5) is 10.1 Å². The minimum absolute atomic E-state index is 0.339. The van der Waals surface area contributed by atoms with Gasteiger partial charge in [-0.25, -0.2) is 4.39 Å². The SMILES string of the molecule is Cc1ccc(N)cc1SCc1ccc(C#N)cc1F. The Labute approximate surface area is 116 Å². The number of hydrogen-bond acceptors (Lipinski definition) is 3. The van der Waals surface area contributed by atoms with Crippen LogP contribution in [0.2, 0.25) is 0 Å². The number of nitrogens with zero attached hydrogens (tertiary/aromatic N) is 1. The van der Waals surface area contributed by atoms with E-state index in [1.54, 1.807) is 12.1 Å². The van der Waals surface area contributed by atoms with Crippen molar-refractivity contribution >= 4 is 17.4 Å². The summed E-state index contributed by atoms with van der Waals surface area (Å²) in [6.45, 7) is 2.00. The van der Waals surface area contributed by atoms with E-state index in [2.05, 4.69) is 0 Å². The lowest BCUT2D eigenvalue weighted by Crippen LogP contribution is -1.91. The molecule has 0 radical (unpaired) electrons. The van der Waals surface area contributed by atoms with Crippen molar-refractivity contribution in [3.63, 3.8) is 0 Å². The summed E-state index contributed by atoms with van der Waals surface area (Å²) in [4.78, 5) is 1.05. The van der Waals surface area contributed by atoms with E-state index in [9.17, 15) is 4.39 Å². The van der Waals surface area contributed by atoms with Gasteiger partial charge in [0.05, 0.1) is 11.6 Å². The van der Waals surface area contributed by atoms with Crippen molar-refractivity contribution in [2.45, 2.75) is 17.6 Å². The van der Waals surface area contributed by atoms with Crippen LogP contribution < -0.4 is 5.73 Å². The zero-order chi connectivity index (χ0) is 13.8. The molecule has 0 spiro atoms. The molecular formula is C15H13FN2S. The molecule has 0 heterocycles. The first-order valence-electron chi connectivity index (χ1n) is 5.77. The van der Waals surface area contributed by atoms with Crippen molar-refractivity contribution in [2.75, 3.05) is 5.73 Å². The lowest BCUT2D eigenvalue weighted by atomic mass is 10.1. The highest BCUT2D eigenvalue weighted by Crippen LogP contribution is 2.28. The van der Waals surface area contributed by atoms with Gasteiger partial charge in [-0.05, 0) is 42.3 Å². The maximum Gasteiger partial charge on any atom is 0.128 e. The monoisotopic (exact) mass is 272 g/mol. The van der Waals surface area contributed by atoms with Gasteiger partial charge in [-0.3, -0.25) is 0 Å². The Balaban J connectivity index is 2.15. The van der Waals surface area contributed by atoms with Crippen LogP contribution >= 0.6 is 11.8 Å². The zero-order valence-corrected chi connectivity index (χ0v) is 11.3. The van der Waals surface area contributed by atoms with Crippen molar-refractivity contribution < 1.29 is 4.39 Å². The lowest BCUT2D eigenvalue weighted by Gasteiger charge is -2.07. The van der Waals surface area contributed by atoms with Gasteiger partial charge in [-0.2, -0.15) is 5.26 Å². The summed E-state index contributed by atoms with van der Waals surface area (Å²) in [6.07, 6.45) is 0. The Morgan fingerprint density at radius 1 is 1.26 bits per heavy atom. The van der Waals surface area contributed by atoms with Crippen LogP contribution in [0.15, 0.2) is 41.3 Å². The van der Waals surface area contributed by atoms with E-state index < -0.39 is 0 Å². The smallest absolute Gasteiger partial charge is 0.128 e. The quantitative estimate of drug-likeness (QED) is 0.681. The summed E-state index contributed by atoms with van der Waals surface area (Å²) in [7, 11) is 0. The van der Waals surface area contributed by atoms with Crippen LogP contribution in [0.3, 0.4) is 0 Å². The fourth-order valence-electron chi connectivity index (χ4n) is 1.66. The van der Waals surface area contributed by atoms with Gasteiger partial charge in [0.1, 0.15) is 5.82 Å². The third-order valence-corrected chi connectivity index (χ3v) is 3.98. The maximum atomic E-state index is 13.7. The van der Waals surface area contributed by atoms with E-state index >= 15 is 0 Å². The van der Waals surface area contributed by atoms with E-state index in [1.165, 1.54) is 17.8 Å². The molecule has 0 aliphatic rings. The number of rotatable bonds is 3. The molecule has 0 bridgehead atoms. The van der Waals surface area contributed by atoms with Gasteiger partial charge < -0.3 is 5.73 Å². The third kappa shape index (κ3) is 3.27. The number of anilines is 1. The first kappa shape index (κ1) is 13.4. The number of nitrogen functional groups attached to an aromatic ring is 1. The number of benzene rings is 2. The second-order valence-electron chi connectivity index (χ2n) is 4.23. The Morgan fingerprint density at radius 2 is 2.05 bits per heavy atom. The molecule has 2 nitrogen and oxygen atoms in total. The Morgan fingerprint density at radius 3 is 2.74 bits per heavy atom. The summed E-state index contributed by atoms with van der Waals surface area (Å²) in [5, 5.41) is 8.69. The van der Waals surface area contributed by atoms with Gasteiger partial charge >= 0.3 is 0 Å². The molecule has 2 N–H and O–H groups in total. The summed E-state index contributed by atoms with van der Waals surface area (Å²) < 4.78 is 13.7. The van der Waals surface area contributed by atoms with Gasteiger partial charge in [0.2, 0.25) is 0 Å². The summed E-state index contributed by atoms with van der Waals surface area (Å²) in [6, 6.07) is 12.2. The van der Waals surface area contributed by atoms with Crippen LogP contribution in [0.5, 0.6) is 0 Å². The lowest BCUT2D eigenvalue weighted by molar-refractivity contribution is 0.617. The van der Waals surface area contributed by atoms with Crippen molar-refractivity contribution in [2.24, 2.45) is 0 Å². The Hall–Kier alpha value is -1.99. The van der Waals surface area contributed by atoms with Crippen molar-refractivity contribution in [3.8, 4) is 6.07 Å². The molecule has 4 heteroatoms. The van der Waals surface area contributed by atoms with E-state index in [1.807, 2.05) is 31.2 Å². The topological polar surface area (TPSA) is 49.8 Å². The van der Waals surface area contributed by atoms with Crippen molar-refractivity contribution in [1.82, 2.24) is 0 Å². The fraction of sp³-hybridized carbons (Fsp3) is 0.133. The predicted octanol–water partition coefficient (Wildman–Crippen LogP) is 3.88. The first-order valence-corrected chi connectivity index (χ1v) is 6.76. The van der Waals surface area contributed by atoms with Crippen LogP contribution in [0, 0.1) is 24.1 Å². The van der Waals surface area contributed by atoms with Crippen LogP contribution in [0.25, 0.3) is 0 Å². The molecule has 96 valence electrons.